The van der Waals surface area contributed by atoms with Gasteiger partial charge in [-0.2, -0.15) is 0 Å². The number of hydrogen-bond acceptors (Lipinski definition) is 6. The van der Waals surface area contributed by atoms with Crippen LogP contribution in [0.2, 0.25) is 0 Å². The molecule has 1 atom stereocenters. The normalized spacial score (nSPS) is 18.2. The van der Waals surface area contributed by atoms with Gasteiger partial charge in [-0.1, -0.05) is 0 Å². The summed E-state index contributed by atoms with van der Waals surface area (Å²) in [6.07, 6.45) is 0.0976. The van der Waals surface area contributed by atoms with Gasteiger partial charge in [-0.15, -0.1) is 11.3 Å². The molecule has 7 nitrogen and oxygen atoms in total. The second-order valence-electron chi connectivity index (χ2n) is 5.06. The Bertz CT molecular complexity index is 626. The molecular weight excluding hydrogens is 306 g/mol. The van der Waals surface area contributed by atoms with Crippen LogP contribution >= 0.6 is 11.3 Å². The van der Waals surface area contributed by atoms with E-state index in [1.54, 1.807) is 14.0 Å². The number of nitrogens with one attached hydrogen (secondary N) is 2. The lowest BCUT2D eigenvalue weighted by atomic mass is 10.1. The van der Waals surface area contributed by atoms with Gasteiger partial charge >= 0.3 is 5.97 Å². The first-order valence-corrected chi connectivity index (χ1v) is 7.77. The maximum atomic E-state index is 12.3. The Balaban J connectivity index is 2.22. The van der Waals surface area contributed by atoms with Crippen LogP contribution < -0.4 is 10.7 Å². The first-order valence-electron chi connectivity index (χ1n) is 6.95. The Kier molecular flexibility index (Phi) is 4.82. The monoisotopic (exact) mass is 325 g/mol. The predicted octanol–water partition coefficient (Wildman–Crippen LogP) is 1.22. The van der Waals surface area contributed by atoms with E-state index in [9.17, 15) is 14.4 Å². The van der Waals surface area contributed by atoms with Crippen molar-refractivity contribution in [1.82, 2.24) is 10.4 Å². The SMILES string of the molecule is CCOC(=O)c1c(NC(=O)C2CC(=O)NN2C)sc(C)c1C. The number of nitrogens with zero attached hydrogens (tertiary/aromatic N) is 1. The van der Waals surface area contributed by atoms with E-state index in [0.29, 0.717) is 10.6 Å². The van der Waals surface area contributed by atoms with Gasteiger partial charge in [0.15, 0.2) is 0 Å². The lowest BCUT2D eigenvalue weighted by molar-refractivity contribution is -0.121. The molecule has 0 bridgehead atoms. The number of likely N-dealkylation sites (N-methyl/N-ethyl adjacent to an activating group) is 1. The Labute approximate surface area is 132 Å². The van der Waals surface area contributed by atoms with Crippen LogP contribution in [0.25, 0.3) is 0 Å². The topological polar surface area (TPSA) is 87.7 Å². The van der Waals surface area contributed by atoms with Crippen molar-refractivity contribution in [3.05, 3.63) is 16.0 Å². The first kappa shape index (κ1) is 16.4. The molecular formula is C14H19N3O4S. The molecule has 8 heteroatoms. The van der Waals surface area contributed by atoms with Crippen LogP contribution in [-0.4, -0.2) is 42.5 Å². The summed E-state index contributed by atoms with van der Waals surface area (Å²) in [5, 5.41) is 4.68. The minimum atomic E-state index is -0.592. The average Bonchev–Trinajstić information content (AvgIpc) is 2.90. The second-order valence-corrected chi connectivity index (χ2v) is 6.29. The Morgan fingerprint density at radius 2 is 2.14 bits per heavy atom. The molecule has 120 valence electrons. The van der Waals surface area contributed by atoms with Gasteiger partial charge in [-0.25, -0.2) is 9.80 Å². The predicted molar refractivity (Wildman–Crippen MR) is 82.7 cm³/mol. The van der Waals surface area contributed by atoms with E-state index in [2.05, 4.69) is 10.7 Å². The van der Waals surface area contributed by atoms with Gasteiger partial charge in [0.05, 0.1) is 18.6 Å². The number of hydrogen-bond donors (Lipinski definition) is 2. The van der Waals surface area contributed by atoms with Gasteiger partial charge in [0.2, 0.25) is 11.8 Å². The number of carbonyl (C=O) groups excluding carboxylic acids is 3. The van der Waals surface area contributed by atoms with Crippen molar-refractivity contribution >= 4 is 34.1 Å². The molecule has 2 rings (SSSR count). The summed E-state index contributed by atoms with van der Waals surface area (Å²) in [5.74, 6) is -0.979. The number of carbonyl (C=O) groups is 3. The van der Waals surface area contributed by atoms with Crippen LogP contribution in [0.3, 0.4) is 0 Å². The highest BCUT2D eigenvalue weighted by Gasteiger charge is 2.34. The fourth-order valence-electron chi connectivity index (χ4n) is 2.26. The molecule has 2 N–H and O–H groups in total. The number of ether oxygens (including phenoxy) is 1. The summed E-state index contributed by atoms with van der Waals surface area (Å²) in [6.45, 7) is 5.70. The largest absolute Gasteiger partial charge is 0.462 e. The van der Waals surface area contributed by atoms with E-state index in [1.807, 2.05) is 13.8 Å². The van der Waals surface area contributed by atoms with Crippen molar-refractivity contribution in [2.24, 2.45) is 0 Å². The van der Waals surface area contributed by atoms with Crippen molar-refractivity contribution in [2.45, 2.75) is 33.2 Å². The number of amides is 2. The molecule has 2 amide bonds. The van der Waals surface area contributed by atoms with E-state index in [0.717, 1.165) is 10.4 Å². The third kappa shape index (κ3) is 3.12. The molecule has 22 heavy (non-hydrogen) atoms. The Morgan fingerprint density at radius 3 is 2.68 bits per heavy atom. The van der Waals surface area contributed by atoms with Crippen LogP contribution in [0.15, 0.2) is 0 Å². The molecule has 1 aromatic heterocycles. The van der Waals surface area contributed by atoms with Gasteiger partial charge in [-0.05, 0) is 26.3 Å². The van der Waals surface area contributed by atoms with Gasteiger partial charge in [0.1, 0.15) is 11.0 Å². The zero-order chi connectivity index (χ0) is 16.4. The fourth-order valence-corrected chi connectivity index (χ4v) is 3.31. The third-order valence-electron chi connectivity index (χ3n) is 3.55. The van der Waals surface area contributed by atoms with E-state index < -0.39 is 12.0 Å². The minimum Gasteiger partial charge on any atom is -0.462 e. The van der Waals surface area contributed by atoms with E-state index in [-0.39, 0.29) is 24.8 Å². The zero-order valence-electron chi connectivity index (χ0n) is 13.0. The molecule has 1 aliphatic heterocycles. The number of esters is 1. The van der Waals surface area contributed by atoms with Crippen LogP contribution in [0.1, 0.15) is 34.1 Å². The maximum absolute atomic E-state index is 12.3. The molecule has 0 radical (unpaired) electrons. The molecule has 1 unspecified atom stereocenters. The average molecular weight is 325 g/mol. The number of thiophene rings is 1. The van der Waals surface area contributed by atoms with Gasteiger partial charge in [0, 0.05) is 11.9 Å². The van der Waals surface area contributed by atoms with Crippen LogP contribution in [-0.2, 0) is 14.3 Å². The van der Waals surface area contributed by atoms with Crippen LogP contribution in [0.4, 0.5) is 5.00 Å². The van der Waals surface area contributed by atoms with Crippen molar-refractivity contribution in [1.29, 1.82) is 0 Å². The van der Waals surface area contributed by atoms with Gasteiger partial charge in [0.25, 0.3) is 0 Å². The van der Waals surface area contributed by atoms with E-state index >= 15 is 0 Å². The number of aryl methyl sites for hydroxylation is 1. The maximum Gasteiger partial charge on any atom is 0.341 e. The summed E-state index contributed by atoms with van der Waals surface area (Å²) in [7, 11) is 1.63. The highest BCUT2D eigenvalue weighted by molar-refractivity contribution is 7.16. The van der Waals surface area contributed by atoms with Gasteiger partial charge < -0.3 is 10.1 Å². The molecule has 1 aromatic rings. The van der Waals surface area contributed by atoms with E-state index in [1.165, 1.54) is 16.3 Å². The lowest BCUT2D eigenvalue weighted by Crippen LogP contribution is -2.41. The quantitative estimate of drug-likeness (QED) is 0.813. The minimum absolute atomic E-state index is 0.0976. The van der Waals surface area contributed by atoms with Crippen LogP contribution in [0.5, 0.6) is 0 Å². The number of anilines is 1. The molecule has 0 saturated carbocycles. The molecule has 1 fully saturated rings. The smallest absolute Gasteiger partial charge is 0.341 e. The standard InChI is InChI=1S/C14H19N3O4S/c1-5-21-14(20)11-7(2)8(3)22-13(11)15-12(19)9-6-10(18)16-17(9)4/h9H,5-6H2,1-4H3,(H,15,19)(H,16,18). The molecule has 1 aliphatic rings. The van der Waals surface area contributed by atoms with Gasteiger partial charge in [-0.3, -0.25) is 15.0 Å². The number of rotatable bonds is 4. The second kappa shape index (κ2) is 6.45. The molecule has 0 aliphatic carbocycles. The molecule has 0 aromatic carbocycles. The highest BCUT2D eigenvalue weighted by atomic mass is 32.1. The molecule has 1 saturated heterocycles. The summed E-state index contributed by atoms with van der Waals surface area (Å²) in [6, 6.07) is -0.592. The summed E-state index contributed by atoms with van der Waals surface area (Å²) in [5.41, 5.74) is 3.74. The summed E-state index contributed by atoms with van der Waals surface area (Å²) >= 11 is 1.33. The lowest BCUT2D eigenvalue weighted by Gasteiger charge is -2.17. The Morgan fingerprint density at radius 1 is 1.45 bits per heavy atom. The third-order valence-corrected chi connectivity index (χ3v) is 4.67. The van der Waals surface area contributed by atoms with E-state index in [4.69, 9.17) is 4.74 Å². The summed E-state index contributed by atoms with van der Waals surface area (Å²) < 4.78 is 5.05. The molecule has 0 spiro atoms. The van der Waals surface area contributed by atoms with Crippen LogP contribution in [0, 0.1) is 13.8 Å². The van der Waals surface area contributed by atoms with Crippen molar-refractivity contribution in [2.75, 3.05) is 19.0 Å². The van der Waals surface area contributed by atoms with Crippen molar-refractivity contribution in [3.63, 3.8) is 0 Å². The molecule has 2 heterocycles. The first-order chi connectivity index (χ1) is 10.3. The highest BCUT2D eigenvalue weighted by Crippen LogP contribution is 2.33. The van der Waals surface area contributed by atoms with Crippen molar-refractivity contribution < 1.29 is 19.1 Å². The summed E-state index contributed by atoms with van der Waals surface area (Å²) in [4.78, 5) is 36.7. The number of hydrazine groups is 1. The zero-order valence-corrected chi connectivity index (χ0v) is 13.8. The Hall–Kier alpha value is -1.93. The van der Waals surface area contributed by atoms with Crippen molar-refractivity contribution in [3.8, 4) is 0 Å². The fraction of sp³-hybridized carbons (Fsp3) is 0.500.